The third kappa shape index (κ3) is 5.87. The average molecular weight is 445 g/mol. The summed E-state index contributed by atoms with van der Waals surface area (Å²) < 4.78 is 60.8. The molecule has 3 rings (SSSR count). The topological polar surface area (TPSA) is 77.2 Å². The minimum absolute atomic E-state index is 0.00956. The lowest BCUT2D eigenvalue weighted by atomic mass is 9.82. The van der Waals surface area contributed by atoms with Crippen molar-refractivity contribution in [2.75, 3.05) is 26.9 Å². The van der Waals surface area contributed by atoms with Crippen molar-refractivity contribution in [2.45, 2.75) is 50.4 Å². The van der Waals surface area contributed by atoms with Gasteiger partial charge in [-0.2, -0.15) is 13.2 Å². The van der Waals surface area contributed by atoms with Crippen LogP contribution in [-0.4, -0.2) is 56.0 Å². The summed E-state index contributed by atoms with van der Waals surface area (Å²) in [4.78, 5) is 18.0. The molecular formula is C21H27F4N3O3. The number of methoxy groups -OCH3 is 1. The Labute approximate surface area is 178 Å². The zero-order valence-corrected chi connectivity index (χ0v) is 17.3. The van der Waals surface area contributed by atoms with Gasteiger partial charge in [0.25, 0.3) is 5.91 Å². The number of guanidine groups is 1. The van der Waals surface area contributed by atoms with Crippen LogP contribution in [0, 0.1) is 5.92 Å². The number of alkyl halides is 4. The van der Waals surface area contributed by atoms with Crippen molar-refractivity contribution in [3.63, 3.8) is 0 Å². The Balaban J connectivity index is 1.85. The van der Waals surface area contributed by atoms with Crippen molar-refractivity contribution < 1.29 is 31.8 Å². The number of hydrogen-bond donors (Lipinski definition) is 1. The Kier molecular flexibility index (Phi) is 7.40. The molecule has 1 atom stereocenters. The van der Waals surface area contributed by atoms with Crippen LogP contribution in [0.2, 0.25) is 0 Å². The summed E-state index contributed by atoms with van der Waals surface area (Å²) in [6.07, 6.45) is 0.159. The third-order valence-electron chi connectivity index (χ3n) is 5.80. The molecule has 1 amide bonds. The maximum Gasteiger partial charge on any atom is 0.422 e. The first-order chi connectivity index (χ1) is 14.7. The van der Waals surface area contributed by atoms with Crippen molar-refractivity contribution in [3.8, 4) is 5.75 Å². The van der Waals surface area contributed by atoms with Crippen molar-refractivity contribution >= 4 is 11.9 Å². The highest BCUT2D eigenvalue weighted by atomic mass is 19.4. The fraction of sp³-hybridized carbons (Fsp3) is 0.619. The van der Waals surface area contributed by atoms with Gasteiger partial charge < -0.3 is 15.2 Å². The zero-order valence-electron chi connectivity index (χ0n) is 17.3. The van der Waals surface area contributed by atoms with Crippen molar-refractivity contribution in [2.24, 2.45) is 16.6 Å². The highest BCUT2D eigenvalue weighted by molar-refractivity contribution is 6.04. The largest absolute Gasteiger partial charge is 0.484 e. The number of aliphatic imine (C=N–C) groups is 1. The first-order valence-corrected chi connectivity index (χ1v) is 10.3. The maximum absolute atomic E-state index is 12.8. The molecule has 0 spiro atoms. The first-order valence-electron chi connectivity index (χ1n) is 10.3. The number of hydrogen-bond acceptors (Lipinski definition) is 5. The van der Waals surface area contributed by atoms with E-state index in [0.717, 1.165) is 36.1 Å². The quantitative estimate of drug-likeness (QED) is 0.621. The highest BCUT2D eigenvalue weighted by Gasteiger charge is 2.36. The van der Waals surface area contributed by atoms with E-state index in [9.17, 15) is 22.4 Å². The lowest BCUT2D eigenvalue weighted by Gasteiger charge is -2.28. The number of nitrogens with two attached hydrogens (primary N) is 1. The molecular weight excluding hydrogens is 418 g/mol. The van der Waals surface area contributed by atoms with Gasteiger partial charge in [-0.05, 0) is 61.3 Å². The molecule has 1 fully saturated rings. The molecule has 10 heteroatoms. The van der Waals surface area contributed by atoms with Crippen LogP contribution in [0.25, 0.3) is 0 Å². The number of ether oxygens (including phenoxy) is 2. The van der Waals surface area contributed by atoms with Crippen molar-refractivity contribution in [3.05, 3.63) is 29.3 Å². The predicted octanol–water partition coefficient (Wildman–Crippen LogP) is 3.54. The molecule has 0 saturated heterocycles. The molecule has 1 aromatic rings. The second kappa shape index (κ2) is 9.84. The van der Waals surface area contributed by atoms with Crippen LogP contribution in [0.5, 0.6) is 5.75 Å². The van der Waals surface area contributed by atoms with E-state index in [2.05, 4.69) is 4.99 Å². The van der Waals surface area contributed by atoms with Gasteiger partial charge in [0.05, 0.1) is 12.6 Å². The van der Waals surface area contributed by atoms with Crippen LogP contribution in [0.15, 0.2) is 23.2 Å². The molecule has 6 nitrogen and oxygen atoms in total. The molecule has 1 heterocycles. The van der Waals surface area contributed by atoms with Crippen LogP contribution in [-0.2, 0) is 16.0 Å². The van der Waals surface area contributed by atoms with Gasteiger partial charge in [0.15, 0.2) is 18.6 Å². The van der Waals surface area contributed by atoms with E-state index < -0.39 is 31.4 Å². The molecule has 31 heavy (non-hydrogen) atoms. The minimum Gasteiger partial charge on any atom is -0.484 e. The van der Waals surface area contributed by atoms with Crippen molar-refractivity contribution in [1.29, 1.82) is 0 Å². The van der Waals surface area contributed by atoms with Gasteiger partial charge in [-0.1, -0.05) is 6.07 Å². The highest BCUT2D eigenvalue weighted by Crippen LogP contribution is 2.35. The normalized spacial score (nSPS) is 24.4. The fourth-order valence-corrected chi connectivity index (χ4v) is 4.18. The zero-order chi connectivity index (χ0) is 22.6. The molecule has 0 aromatic heterocycles. The fourth-order valence-electron chi connectivity index (χ4n) is 4.18. The number of benzene rings is 1. The number of carbonyl (C=O) groups excluding carboxylic acids is 1. The Hall–Kier alpha value is -2.36. The monoisotopic (exact) mass is 445 g/mol. The second-order valence-corrected chi connectivity index (χ2v) is 7.92. The molecule has 172 valence electrons. The summed E-state index contributed by atoms with van der Waals surface area (Å²) in [7, 11) is 1.69. The summed E-state index contributed by atoms with van der Waals surface area (Å²) in [6.45, 7) is -2.44. The van der Waals surface area contributed by atoms with Gasteiger partial charge in [0.2, 0.25) is 0 Å². The molecule has 2 N–H and O–H groups in total. The Morgan fingerprint density at radius 3 is 2.55 bits per heavy atom. The Morgan fingerprint density at radius 1 is 1.23 bits per heavy atom. The van der Waals surface area contributed by atoms with E-state index in [4.69, 9.17) is 15.2 Å². The first kappa shape index (κ1) is 23.3. The number of amides is 1. The van der Waals surface area contributed by atoms with Crippen LogP contribution < -0.4 is 10.5 Å². The van der Waals surface area contributed by atoms with E-state index in [1.807, 2.05) is 0 Å². The standard InChI is InChI=1S/C21H27F4N3O3/c1-30-15-5-2-13(3-6-15)10-14-4-7-16(31-12-21(23,24)25)11-17(14)18-19(29)28(9-8-22)20(26)27-18/h4,7,11,13,15,18H,2-3,5-6,8-10,12H2,1H3,(H2,26,27). The van der Waals surface area contributed by atoms with Gasteiger partial charge in [-0.3, -0.25) is 9.69 Å². The molecule has 0 radical (unpaired) electrons. The summed E-state index contributed by atoms with van der Waals surface area (Å²) in [5.74, 6) is -0.246. The van der Waals surface area contributed by atoms with Crippen LogP contribution in [0.4, 0.5) is 17.6 Å². The summed E-state index contributed by atoms with van der Waals surface area (Å²) in [5, 5.41) is 0. The van der Waals surface area contributed by atoms with E-state index in [0.29, 0.717) is 17.9 Å². The minimum atomic E-state index is -4.48. The van der Waals surface area contributed by atoms with Gasteiger partial charge in [0, 0.05) is 7.11 Å². The number of nitrogens with zero attached hydrogens (tertiary/aromatic N) is 2. The SMILES string of the molecule is COC1CCC(Cc2ccc(OCC(F)(F)F)cc2C2N=C(N)N(CCF)C2=O)CC1. The summed E-state index contributed by atoms with van der Waals surface area (Å²) in [5.41, 5.74) is 7.05. The van der Waals surface area contributed by atoms with Crippen LogP contribution in [0.3, 0.4) is 0 Å². The van der Waals surface area contributed by atoms with Gasteiger partial charge >= 0.3 is 6.18 Å². The molecule has 1 unspecified atom stereocenters. The molecule has 1 aliphatic heterocycles. The lowest BCUT2D eigenvalue weighted by molar-refractivity contribution is -0.153. The average Bonchev–Trinajstić information content (AvgIpc) is 3.01. The number of rotatable bonds is 8. The second-order valence-electron chi connectivity index (χ2n) is 7.92. The van der Waals surface area contributed by atoms with E-state index in [1.54, 1.807) is 13.2 Å². The maximum atomic E-state index is 12.8. The molecule has 1 aromatic carbocycles. The van der Waals surface area contributed by atoms with E-state index in [-0.39, 0.29) is 24.4 Å². The molecule has 1 aliphatic carbocycles. The summed E-state index contributed by atoms with van der Waals surface area (Å²) in [6, 6.07) is 3.55. The number of carbonyl (C=O) groups is 1. The molecule has 2 aliphatic rings. The van der Waals surface area contributed by atoms with Crippen molar-refractivity contribution in [1.82, 2.24) is 4.90 Å². The third-order valence-corrected chi connectivity index (χ3v) is 5.80. The molecule has 0 bridgehead atoms. The van der Waals surface area contributed by atoms with Gasteiger partial charge in [-0.15, -0.1) is 0 Å². The molecule has 1 saturated carbocycles. The predicted molar refractivity (Wildman–Crippen MR) is 107 cm³/mol. The van der Waals surface area contributed by atoms with E-state index >= 15 is 0 Å². The Morgan fingerprint density at radius 2 is 1.94 bits per heavy atom. The van der Waals surface area contributed by atoms with Crippen LogP contribution in [0.1, 0.15) is 42.9 Å². The smallest absolute Gasteiger partial charge is 0.422 e. The van der Waals surface area contributed by atoms with Gasteiger partial charge in [-0.25, -0.2) is 9.38 Å². The lowest BCUT2D eigenvalue weighted by Crippen LogP contribution is -2.39. The Bertz CT molecular complexity index is 808. The van der Waals surface area contributed by atoms with Crippen LogP contribution >= 0.6 is 0 Å². The summed E-state index contributed by atoms with van der Waals surface area (Å²) >= 11 is 0. The number of halogens is 4. The van der Waals surface area contributed by atoms with E-state index in [1.165, 1.54) is 12.1 Å². The van der Waals surface area contributed by atoms with Gasteiger partial charge in [0.1, 0.15) is 12.4 Å².